The third kappa shape index (κ3) is 3.24. The Kier molecular flexibility index (Phi) is 4.58. The highest BCUT2D eigenvalue weighted by Crippen LogP contribution is 2.20. The minimum Gasteiger partial charge on any atom is -0.398 e. The lowest BCUT2D eigenvalue weighted by Gasteiger charge is -2.26. The lowest BCUT2D eigenvalue weighted by atomic mass is 10.1. The van der Waals surface area contributed by atoms with Gasteiger partial charge >= 0.3 is 0 Å². The van der Waals surface area contributed by atoms with Gasteiger partial charge in [-0.15, -0.1) is 6.58 Å². The van der Waals surface area contributed by atoms with Gasteiger partial charge in [0, 0.05) is 23.3 Å². The smallest absolute Gasteiger partial charge is 0.256 e. The quantitative estimate of drug-likeness (QED) is 0.662. The van der Waals surface area contributed by atoms with Crippen LogP contribution < -0.4 is 5.73 Å². The summed E-state index contributed by atoms with van der Waals surface area (Å²) in [5, 5.41) is 0.504. The van der Waals surface area contributed by atoms with Gasteiger partial charge in [0.25, 0.3) is 5.91 Å². The molecular formula is C13H17ClN2O. The van der Waals surface area contributed by atoms with Gasteiger partial charge < -0.3 is 10.6 Å². The average Bonchev–Trinajstić information content (AvgIpc) is 2.28. The summed E-state index contributed by atoms with van der Waals surface area (Å²) < 4.78 is 0. The average molecular weight is 253 g/mol. The molecule has 1 aromatic carbocycles. The van der Waals surface area contributed by atoms with E-state index < -0.39 is 0 Å². The van der Waals surface area contributed by atoms with E-state index in [1.54, 1.807) is 29.2 Å². The largest absolute Gasteiger partial charge is 0.398 e. The number of hydrogen-bond acceptors (Lipinski definition) is 2. The Hall–Kier alpha value is -1.48. The molecule has 0 spiro atoms. The normalized spacial score (nSPS) is 10.4. The van der Waals surface area contributed by atoms with E-state index in [2.05, 4.69) is 6.58 Å². The van der Waals surface area contributed by atoms with Gasteiger partial charge in [0.1, 0.15) is 0 Å². The molecule has 0 aliphatic rings. The van der Waals surface area contributed by atoms with Gasteiger partial charge in [0.05, 0.1) is 5.56 Å². The molecule has 0 aromatic heterocycles. The number of nitrogens with zero attached hydrogens (tertiary/aromatic N) is 1. The number of hydrogen-bond donors (Lipinski definition) is 1. The van der Waals surface area contributed by atoms with Crippen molar-refractivity contribution in [3.05, 3.63) is 41.4 Å². The van der Waals surface area contributed by atoms with Crippen molar-refractivity contribution in [2.45, 2.75) is 19.9 Å². The molecule has 3 nitrogen and oxygen atoms in total. The summed E-state index contributed by atoms with van der Waals surface area (Å²) in [7, 11) is 0. The minimum atomic E-state index is -0.125. The Balaban J connectivity index is 3.08. The third-order valence-electron chi connectivity index (χ3n) is 2.46. The molecule has 0 atom stereocenters. The van der Waals surface area contributed by atoms with Crippen LogP contribution in [-0.4, -0.2) is 23.4 Å². The molecule has 0 unspecified atom stereocenters. The first kappa shape index (κ1) is 13.6. The topological polar surface area (TPSA) is 46.3 Å². The summed E-state index contributed by atoms with van der Waals surface area (Å²) in [5.41, 5.74) is 6.67. The standard InChI is InChI=1S/C13H17ClN2O/c1-4-7-16(9(2)3)13(17)11-8-10(14)5-6-12(11)15/h4-6,8-9H,1,7,15H2,2-3H3. The molecule has 4 heteroatoms. The summed E-state index contributed by atoms with van der Waals surface area (Å²) in [6, 6.07) is 4.99. The Bertz CT molecular complexity index is 429. The van der Waals surface area contributed by atoms with Crippen LogP contribution in [0.4, 0.5) is 5.69 Å². The number of rotatable bonds is 4. The van der Waals surface area contributed by atoms with Gasteiger partial charge in [-0.1, -0.05) is 17.7 Å². The Morgan fingerprint density at radius 1 is 1.59 bits per heavy atom. The maximum absolute atomic E-state index is 12.3. The third-order valence-corrected chi connectivity index (χ3v) is 2.69. The zero-order valence-electron chi connectivity index (χ0n) is 10.1. The van der Waals surface area contributed by atoms with Crippen LogP contribution in [0.1, 0.15) is 24.2 Å². The fourth-order valence-electron chi connectivity index (χ4n) is 1.54. The van der Waals surface area contributed by atoms with Gasteiger partial charge in [-0.25, -0.2) is 0 Å². The van der Waals surface area contributed by atoms with E-state index in [0.29, 0.717) is 22.8 Å². The Labute approximate surface area is 107 Å². The van der Waals surface area contributed by atoms with Crippen molar-refractivity contribution >= 4 is 23.2 Å². The first-order valence-corrected chi connectivity index (χ1v) is 5.82. The molecule has 0 saturated heterocycles. The van der Waals surface area contributed by atoms with Gasteiger partial charge in [-0.05, 0) is 32.0 Å². The van der Waals surface area contributed by atoms with Crippen molar-refractivity contribution in [1.82, 2.24) is 4.90 Å². The maximum Gasteiger partial charge on any atom is 0.256 e. The van der Waals surface area contributed by atoms with Crippen molar-refractivity contribution in [3.63, 3.8) is 0 Å². The fraction of sp³-hybridized carbons (Fsp3) is 0.308. The molecule has 0 radical (unpaired) electrons. The van der Waals surface area contributed by atoms with E-state index in [9.17, 15) is 4.79 Å². The summed E-state index contributed by atoms with van der Waals surface area (Å²) in [6.45, 7) is 8.03. The van der Waals surface area contributed by atoms with Crippen LogP contribution in [0.25, 0.3) is 0 Å². The lowest BCUT2D eigenvalue weighted by Crippen LogP contribution is -2.37. The van der Waals surface area contributed by atoms with Crippen molar-refractivity contribution < 1.29 is 4.79 Å². The zero-order valence-corrected chi connectivity index (χ0v) is 10.9. The molecule has 1 rings (SSSR count). The highest BCUT2D eigenvalue weighted by molar-refractivity contribution is 6.31. The molecule has 1 aromatic rings. The SMILES string of the molecule is C=CCN(C(=O)c1cc(Cl)ccc1N)C(C)C. The van der Waals surface area contributed by atoms with Crippen molar-refractivity contribution in [2.24, 2.45) is 0 Å². The van der Waals surface area contributed by atoms with Crippen LogP contribution in [0.2, 0.25) is 5.02 Å². The fourth-order valence-corrected chi connectivity index (χ4v) is 1.71. The van der Waals surface area contributed by atoms with E-state index in [0.717, 1.165) is 0 Å². The second kappa shape index (κ2) is 5.73. The van der Waals surface area contributed by atoms with Crippen molar-refractivity contribution in [3.8, 4) is 0 Å². The summed E-state index contributed by atoms with van der Waals surface area (Å²) in [6.07, 6.45) is 1.69. The van der Waals surface area contributed by atoms with Crippen LogP contribution >= 0.6 is 11.6 Å². The number of nitrogens with two attached hydrogens (primary N) is 1. The molecule has 1 amide bonds. The molecule has 0 heterocycles. The van der Waals surface area contributed by atoms with Crippen LogP contribution in [0.15, 0.2) is 30.9 Å². The van der Waals surface area contributed by atoms with Crippen LogP contribution in [0.3, 0.4) is 0 Å². The number of nitrogen functional groups attached to an aromatic ring is 1. The molecule has 17 heavy (non-hydrogen) atoms. The second-order valence-corrected chi connectivity index (χ2v) is 4.51. The molecule has 0 aliphatic heterocycles. The van der Waals surface area contributed by atoms with Gasteiger partial charge in [-0.2, -0.15) is 0 Å². The molecule has 92 valence electrons. The first-order valence-electron chi connectivity index (χ1n) is 5.44. The van der Waals surface area contributed by atoms with E-state index in [1.807, 2.05) is 13.8 Å². The summed E-state index contributed by atoms with van der Waals surface area (Å²) >= 11 is 5.88. The number of halogens is 1. The molecule has 0 saturated carbocycles. The predicted octanol–water partition coefficient (Wildman–Crippen LogP) is 2.96. The number of benzene rings is 1. The zero-order chi connectivity index (χ0) is 13.0. The van der Waals surface area contributed by atoms with E-state index in [-0.39, 0.29) is 11.9 Å². The summed E-state index contributed by atoms with van der Waals surface area (Å²) in [4.78, 5) is 14.0. The minimum absolute atomic E-state index is 0.0823. The Morgan fingerprint density at radius 2 is 2.24 bits per heavy atom. The van der Waals surface area contributed by atoms with E-state index >= 15 is 0 Å². The molecule has 0 fully saturated rings. The second-order valence-electron chi connectivity index (χ2n) is 4.07. The van der Waals surface area contributed by atoms with Gasteiger partial charge in [0.2, 0.25) is 0 Å². The van der Waals surface area contributed by atoms with Crippen LogP contribution in [-0.2, 0) is 0 Å². The van der Waals surface area contributed by atoms with Crippen molar-refractivity contribution in [1.29, 1.82) is 0 Å². The maximum atomic E-state index is 12.3. The van der Waals surface area contributed by atoms with E-state index in [1.165, 1.54) is 0 Å². The first-order chi connectivity index (χ1) is 7.97. The van der Waals surface area contributed by atoms with Gasteiger partial charge in [-0.3, -0.25) is 4.79 Å². The number of anilines is 1. The lowest BCUT2D eigenvalue weighted by molar-refractivity contribution is 0.0730. The Morgan fingerprint density at radius 3 is 2.76 bits per heavy atom. The summed E-state index contributed by atoms with van der Waals surface area (Å²) in [5.74, 6) is -0.125. The van der Waals surface area contributed by atoms with Crippen molar-refractivity contribution in [2.75, 3.05) is 12.3 Å². The molecule has 0 aliphatic carbocycles. The highest BCUT2D eigenvalue weighted by atomic mass is 35.5. The number of carbonyl (C=O) groups is 1. The molecule has 2 N–H and O–H groups in total. The van der Waals surface area contributed by atoms with E-state index in [4.69, 9.17) is 17.3 Å². The van der Waals surface area contributed by atoms with Gasteiger partial charge in [0.15, 0.2) is 0 Å². The van der Waals surface area contributed by atoms with Crippen LogP contribution in [0, 0.1) is 0 Å². The number of carbonyl (C=O) groups excluding carboxylic acids is 1. The highest BCUT2D eigenvalue weighted by Gasteiger charge is 2.19. The molecular weight excluding hydrogens is 236 g/mol. The monoisotopic (exact) mass is 252 g/mol. The molecule has 0 bridgehead atoms. The predicted molar refractivity (Wildman–Crippen MR) is 72.2 cm³/mol. The number of amides is 1. The van der Waals surface area contributed by atoms with Crippen LogP contribution in [0.5, 0.6) is 0 Å².